The van der Waals surface area contributed by atoms with E-state index in [2.05, 4.69) is 15.0 Å². The minimum Gasteiger partial charge on any atom is -0.506 e. The fourth-order valence-corrected chi connectivity index (χ4v) is 3.41. The lowest BCUT2D eigenvalue weighted by Crippen LogP contribution is -2.06. The van der Waals surface area contributed by atoms with Gasteiger partial charge in [-0.05, 0) is 42.0 Å². The maximum Gasteiger partial charge on any atom is 0.258 e. The molecule has 0 bridgehead atoms. The molecule has 0 atom stereocenters. The smallest absolute Gasteiger partial charge is 0.258 e. The minimum atomic E-state index is -0.270. The lowest BCUT2D eigenvalue weighted by molar-refractivity contribution is 0.480. The highest BCUT2D eigenvalue weighted by Gasteiger charge is 2.11. The first-order chi connectivity index (χ1) is 11.2. The van der Waals surface area contributed by atoms with E-state index < -0.39 is 0 Å². The number of hydrogen-bond acceptors (Lipinski definition) is 5. The van der Waals surface area contributed by atoms with E-state index in [1.165, 1.54) is 6.33 Å². The number of pyridine rings is 1. The summed E-state index contributed by atoms with van der Waals surface area (Å²) in [6, 6.07) is 13.1. The van der Waals surface area contributed by atoms with Crippen LogP contribution in [0, 0.1) is 0 Å². The molecule has 1 aromatic carbocycles. The van der Waals surface area contributed by atoms with Crippen LogP contribution in [-0.4, -0.2) is 20.1 Å². The van der Waals surface area contributed by atoms with Crippen LogP contribution in [0.4, 0.5) is 0 Å². The molecule has 4 rings (SSSR count). The first-order valence-corrected chi connectivity index (χ1v) is 7.76. The average Bonchev–Trinajstić information content (AvgIpc) is 3.07. The molecule has 0 amide bonds. The van der Waals surface area contributed by atoms with Gasteiger partial charge in [-0.1, -0.05) is 6.07 Å². The quantitative estimate of drug-likeness (QED) is 0.593. The van der Waals surface area contributed by atoms with Crippen LogP contribution in [0.2, 0.25) is 0 Å². The van der Waals surface area contributed by atoms with Crippen molar-refractivity contribution in [1.82, 2.24) is 15.0 Å². The number of nitrogens with one attached hydrogen (secondary N) is 1. The van der Waals surface area contributed by atoms with Gasteiger partial charge in [-0.3, -0.25) is 9.78 Å². The van der Waals surface area contributed by atoms with Crippen LogP contribution < -0.4 is 5.56 Å². The zero-order chi connectivity index (χ0) is 15.8. The Labute approximate surface area is 134 Å². The van der Waals surface area contributed by atoms with Crippen LogP contribution >= 0.6 is 11.3 Å². The Kier molecular flexibility index (Phi) is 3.17. The lowest BCUT2D eigenvalue weighted by atomic mass is 10.1. The highest BCUT2D eigenvalue weighted by Crippen LogP contribution is 2.36. The van der Waals surface area contributed by atoms with Crippen molar-refractivity contribution in [3.8, 4) is 26.8 Å². The van der Waals surface area contributed by atoms with Crippen molar-refractivity contribution in [2.24, 2.45) is 0 Å². The van der Waals surface area contributed by atoms with Crippen molar-refractivity contribution in [2.45, 2.75) is 0 Å². The normalized spacial score (nSPS) is 11.0. The fourth-order valence-electron chi connectivity index (χ4n) is 2.44. The standard InChI is InChI=1S/C17H11N3O2S/c21-13-8-10(7-11-16(13)19-9-20-17(11)22)14-4-5-15(23-14)12-3-1-2-6-18-12/h1-9,21H,(H,19,20,22). The molecule has 0 unspecified atom stereocenters. The van der Waals surface area contributed by atoms with E-state index in [-0.39, 0.29) is 11.3 Å². The summed E-state index contributed by atoms with van der Waals surface area (Å²) in [5.74, 6) is -0.00335. The summed E-state index contributed by atoms with van der Waals surface area (Å²) in [6.45, 7) is 0. The zero-order valence-corrected chi connectivity index (χ0v) is 12.7. The summed E-state index contributed by atoms with van der Waals surface area (Å²) >= 11 is 1.56. The van der Waals surface area contributed by atoms with Gasteiger partial charge in [0.25, 0.3) is 5.56 Å². The molecule has 3 aromatic heterocycles. The third-order valence-electron chi connectivity index (χ3n) is 3.53. The number of H-pyrrole nitrogens is 1. The van der Waals surface area contributed by atoms with E-state index >= 15 is 0 Å². The second-order valence-electron chi connectivity index (χ2n) is 5.00. The van der Waals surface area contributed by atoms with E-state index in [9.17, 15) is 9.90 Å². The number of phenols is 1. The first-order valence-electron chi connectivity index (χ1n) is 6.94. The summed E-state index contributed by atoms with van der Waals surface area (Å²) in [5.41, 5.74) is 1.71. The molecule has 0 aliphatic heterocycles. The summed E-state index contributed by atoms with van der Waals surface area (Å²) in [6.07, 6.45) is 3.04. The molecule has 0 spiro atoms. The number of phenolic OH excluding ortho intramolecular Hbond substituents is 1. The Hall–Kier alpha value is -2.99. The predicted octanol–water partition coefficient (Wildman–Crippen LogP) is 3.42. The second kappa shape index (κ2) is 5.33. The molecule has 0 aliphatic rings. The molecular weight excluding hydrogens is 310 g/mol. The molecule has 6 heteroatoms. The van der Waals surface area contributed by atoms with E-state index in [4.69, 9.17) is 0 Å². The Balaban J connectivity index is 1.86. The Morgan fingerprint density at radius 2 is 1.91 bits per heavy atom. The van der Waals surface area contributed by atoms with Gasteiger partial charge in [-0.25, -0.2) is 4.98 Å². The van der Waals surface area contributed by atoms with Gasteiger partial charge >= 0.3 is 0 Å². The molecule has 0 radical (unpaired) electrons. The predicted molar refractivity (Wildman–Crippen MR) is 90.6 cm³/mol. The highest BCUT2D eigenvalue weighted by molar-refractivity contribution is 7.18. The van der Waals surface area contributed by atoms with E-state index in [1.54, 1.807) is 29.7 Å². The molecule has 0 aliphatic carbocycles. The van der Waals surface area contributed by atoms with E-state index in [1.807, 2.05) is 30.3 Å². The number of aromatic nitrogens is 3. The van der Waals surface area contributed by atoms with Gasteiger partial charge in [0, 0.05) is 11.1 Å². The number of nitrogens with zero attached hydrogens (tertiary/aromatic N) is 2. The highest BCUT2D eigenvalue weighted by atomic mass is 32.1. The number of benzene rings is 1. The minimum absolute atomic E-state index is 0.00335. The molecule has 4 aromatic rings. The molecule has 5 nitrogen and oxygen atoms in total. The van der Waals surface area contributed by atoms with Crippen molar-refractivity contribution in [2.75, 3.05) is 0 Å². The first kappa shape index (κ1) is 13.7. The summed E-state index contributed by atoms with van der Waals surface area (Å²) in [7, 11) is 0. The number of rotatable bonds is 2. The van der Waals surface area contributed by atoms with Gasteiger partial charge in [0.15, 0.2) is 0 Å². The molecule has 23 heavy (non-hydrogen) atoms. The average molecular weight is 321 g/mol. The van der Waals surface area contributed by atoms with E-state index in [0.717, 1.165) is 21.0 Å². The maximum atomic E-state index is 11.9. The van der Waals surface area contributed by atoms with Crippen LogP contribution in [0.15, 0.2) is 59.8 Å². The molecule has 0 fully saturated rings. The van der Waals surface area contributed by atoms with E-state index in [0.29, 0.717) is 10.9 Å². The number of hydrogen-bond donors (Lipinski definition) is 2. The Bertz CT molecular complexity index is 1050. The monoisotopic (exact) mass is 321 g/mol. The van der Waals surface area contributed by atoms with Gasteiger partial charge in [-0.2, -0.15) is 0 Å². The third kappa shape index (κ3) is 2.39. The van der Waals surface area contributed by atoms with Crippen LogP contribution in [0.1, 0.15) is 0 Å². The molecule has 2 N–H and O–H groups in total. The summed E-state index contributed by atoms with van der Waals surface area (Å²) in [4.78, 5) is 24.8. The van der Waals surface area contributed by atoms with Gasteiger partial charge in [0.05, 0.1) is 22.3 Å². The van der Waals surface area contributed by atoms with Crippen LogP contribution in [0.3, 0.4) is 0 Å². The molecule has 3 heterocycles. The third-order valence-corrected chi connectivity index (χ3v) is 4.69. The number of thiophene rings is 1. The lowest BCUT2D eigenvalue weighted by Gasteiger charge is -2.03. The van der Waals surface area contributed by atoms with Gasteiger partial charge in [0.1, 0.15) is 11.3 Å². The maximum absolute atomic E-state index is 11.9. The molecule has 0 saturated carbocycles. The number of aromatic amines is 1. The summed E-state index contributed by atoms with van der Waals surface area (Å²) < 4.78 is 0. The van der Waals surface area contributed by atoms with Gasteiger partial charge in [-0.15, -0.1) is 11.3 Å². The molecule has 0 saturated heterocycles. The number of fused-ring (bicyclic) bond motifs is 1. The van der Waals surface area contributed by atoms with Gasteiger partial charge < -0.3 is 10.1 Å². The Morgan fingerprint density at radius 1 is 1.04 bits per heavy atom. The summed E-state index contributed by atoms with van der Waals surface area (Å²) in [5, 5.41) is 10.5. The fraction of sp³-hybridized carbons (Fsp3) is 0. The largest absolute Gasteiger partial charge is 0.506 e. The molecular formula is C17H11N3O2S. The van der Waals surface area contributed by atoms with Crippen LogP contribution in [0.25, 0.3) is 31.9 Å². The van der Waals surface area contributed by atoms with Crippen LogP contribution in [0.5, 0.6) is 5.75 Å². The number of aromatic hydroxyl groups is 1. The SMILES string of the molecule is O=c1[nH]cnc2c(O)cc(-c3ccc(-c4ccccn4)s3)cc12. The zero-order valence-electron chi connectivity index (χ0n) is 11.9. The molecule has 112 valence electrons. The van der Waals surface area contributed by atoms with Crippen molar-refractivity contribution < 1.29 is 5.11 Å². The van der Waals surface area contributed by atoms with Crippen molar-refractivity contribution in [3.05, 3.63) is 65.3 Å². The second-order valence-corrected chi connectivity index (χ2v) is 6.09. The van der Waals surface area contributed by atoms with Crippen LogP contribution in [-0.2, 0) is 0 Å². The van der Waals surface area contributed by atoms with Crippen molar-refractivity contribution >= 4 is 22.2 Å². The topological polar surface area (TPSA) is 78.9 Å². The van der Waals surface area contributed by atoms with Crippen molar-refractivity contribution in [3.63, 3.8) is 0 Å². The Morgan fingerprint density at radius 3 is 2.74 bits per heavy atom. The van der Waals surface area contributed by atoms with Crippen molar-refractivity contribution in [1.29, 1.82) is 0 Å². The van der Waals surface area contributed by atoms with Gasteiger partial charge in [0.2, 0.25) is 0 Å².